The Morgan fingerprint density at radius 2 is 1.65 bits per heavy atom. The number of carbonyl (C=O) groups is 1. The first-order valence-corrected chi connectivity index (χ1v) is 10.6. The van der Waals surface area contributed by atoms with E-state index in [-0.39, 0.29) is 5.91 Å². The van der Waals surface area contributed by atoms with E-state index in [2.05, 4.69) is 27.1 Å². The van der Waals surface area contributed by atoms with Crippen molar-refractivity contribution in [1.82, 2.24) is 14.9 Å². The summed E-state index contributed by atoms with van der Waals surface area (Å²) >= 11 is 0. The number of carbonyl (C=O) groups excluding carboxylic acids is 1. The number of fused-ring (bicyclic) bond motifs is 1. The molecule has 0 unspecified atom stereocenters. The highest BCUT2D eigenvalue weighted by molar-refractivity contribution is 5.94. The summed E-state index contributed by atoms with van der Waals surface area (Å²) in [7, 11) is 2.14. The van der Waals surface area contributed by atoms with Crippen molar-refractivity contribution in [2.75, 3.05) is 43.4 Å². The summed E-state index contributed by atoms with van der Waals surface area (Å²) in [5, 5.41) is 2.92. The van der Waals surface area contributed by atoms with Crippen molar-refractivity contribution in [3.8, 4) is 11.5 Å². The van der Waals surface area contributed by atoms with Gasteiger partial charge in [0.1, 0.15) is 17.3 Å². The molecule has 1 fully saturated rings. The fraction of sp³-hybridized carbons (Fsp3) is 0.375. The first-order chi connectivity index (χ1) is 14.8. The minimum absolute atomic E-state index is 0.0228. The Morgan fingerprint density at radius 3 is 2.32 bits per heavy atom. The van der Waals surface area contributed by atoms with Gasteiger partial charge in [-0.3, -0.25) is 9.78 Å². The van der Waals surface area contributed by atoms with Gasteiger partial charge in [0.2, 0.25) is 5.91 Å². The lowest BCUT2D eigenvalue weighted by Gasteiger charge is -2.33. The monoisotopic (exact) mass is 419 g/mol. The Kier molecular flexibility index (Phi) is 5.78. The summed E-state index contributed by atoms with van der Waals surface area (Å²) in [6.45, 7) is 9.60. The van der Waals surface area contributed by atoms with Gasteiger partial charge >= 0.3 is 0 Å². The first-order valence-electron chi connectivity index (χ1n) is 10.6. The van der Waals surface area contributed by atoms with Gasteiger partial charge in [-0.25, -0.2) is 4.98 Å². The quantitative estimate of drug-likeness (QED) is 0.685. The lowest BCUT2D eigenvalue weighted by Crippen LogP contribution is -2.44. The van der Waals surface area contributed by atoms with Crippen molar-refractivity contribution in [3.05, 3.63) is 48.7 Å². The third-order valence-electron chi connectivity index (χ3n) is 5.36. The number of hydrogen-bond acceptors (Lipinski definition) is 6. The summed E-state index contributed by atoms with van der Waals surface area (Å²) in [6, 6.07) is 13.1. The molecule has 0 aliphatic carbocycles. The first kappa shape index (κ1) is 21.1. The summed E-state index contributed by atoms with van der Waals surface area (Å²) in [4.78, 5) is 26.1. The molecule has 1 amide bonds. The molecule has 1 aliphatic rings. The summed E-state index contributed by atoms with van der Waals surface area (Å²) in [5.41, 5.74) is 1.95. The zero-order chi connectivity index (χ0) is 22.0. The Hall–Kier alpha value is -3.19. The van der Waals surface area contributed by atoms with Gasteiger partial charge in [0.15, 0.2) is 0 Å². The third kappa shape index (κ3) is 5.11. The van der Waals surface area contributed by atoms with E-state index in [1.54, 1.807) is 0 Å². The average Bonchev–Trinajstić information content (AvgIpc) is 2.74. The van der Waals surface area contributed by atoms with E-state index in [9.17, 15) is 4.79 Å². The molecule has 7 nitrogen and oxygen atoms in total. The predicted molar refractivity (Wildman–Crippen MR) is 124 cm³/mol. The molecule has 1 aliphatic heterocycles. The van der Waals surface area contributed by atoms with E-state index in [1.165, 1.54) is 0 Å². The fourth-order valence-corrected chi connectivity index (χ4v) is 3.29. The number of aromatic nitrogens is 2. The van der Waals surface area contributed by atoms with E-state index >= 15 is 0 Å². The van der Waals surface area contributed by atoms with Crippen LogP contribution in [0, 0.1) is 5.41 Å². The second-order valence-electron chi connectivity index (χ2n) is 9.00. The minimum atomic E-state index is -0.440. The van der Waals surface area contributed by atoms with Crippen molar-refractivity contribution in [3.63, 3.8) is 0 Å². The molecule has 0 radical (unpaired) electrons. The van der Waals surface area contributed by atoms with Crippen LogP contribution < -0.4 is 15.0 Å². The van der Waals surface area contributed by atoms with Crippen LogP contribution in [0.15, 0.2) is 48.7 Å². The Labute approximate surface area is 183 Å². The highest BCUT2D eigenvalue weighted by Crippen LogP contribution is 2.27. The van der Waals surface area contributed by atoms with Crippen LogP contribution in [0.1, 0.15) is 20.8 Å². The maximum Gasteiger partial charge on any atom is 0.229 e. The molecule has 1 N–H and O–H groups in total. The molecule has 2 aromatic carbocycles. The molecule has 162 valence electrons. The van der Waals surface area contributed by atoms with Crippen molar-refractivity contribution >= 4 is 28.4 Å². The maximum atomic E-state index is 12.1. The van der Waals surface area contributed by atoms with Gasteiger partial charge in [-0.2, -0.15) is 0 Å². The van der Waals surface area contributed by atoms with Crippen LogP contribution in [-0.4, -0.2) is 54.0 Å². The molecule has 31 heavy (non-hydrogen) atoms. The second kappa shape index (κ2) is 8.51. The summed E-state index contributed by atoms with van der Waals surface area (Å²) < 4.78 is 6.01. The zero-order valence-electron chi connectivity index (χ0n) is 18.6. The van der Waals surface area contributed by atoms with Gasteiger partial charge in [-0.1, -0.05) is 20.8 Å². The molecule has 1 saturated heterocycles. The molecule has 7 heteroatoms. The highest BCUT2D eigenvalue weighted by Gasteiger charge is 2.21. The van der Waals surface area contributed by atoms with Crippen molar-refractivity contribution in [2.24, 2.45) is 5.41 Å². The molecular weight excluding hydrogens is 390 g/mol. The number of anilines is 2. The third-order valence-corrected chi connectivity index (χ3v) is 5.36. The van der Waals surface area contributed by atoms with Gasteiger partial charge in [0.05, 0.1) is 17.2 Å². The van der Waals surface area contributed by atoms with Crippen LogP contribution >= 0.6 is 0 Å². The number of ether oxygens (including phenoxy) is 1. The second-order valence-corrected chi connectivity index (χ2v) is 9.00. The van der Waals surface area contributed by atoms with Gasteiger partial charge in [0, 0.05) is 43.3 Å². The highest BCUT2D eigenvalue weighted by atomic mass is 16.5. The van der Waals surface area contributed by atoms with Gasteiger partial charge in [-0.15, -0.1) is 0 Å². The zero-order valence-corrected chi connectivity index (χ0v) is 18.6. The number of nitrogens with one attached hydrogen (secondary N) is 1. The normalized spacial score (nSPS) is 15.2. The number of nitrogens with zero attached hydrogens (tertiary/aromatic N) is 4. The molecule has 1 aromatic heterocycles. The average molecular weight is 420 g/mol. The standard InChI is InChI=1S/C24H29N5O2/c1-24(2,3)23(30)26-17-5-7-18(8-6-17)31-19-9-10-20-21(15-19)27-22(16-25-20)29-13-11-28(4)12-14-29/h5-10,15-16H,11-14H2,1-4H3,(H,26,30). The number of benzene rings is 2. The van der Waals surface area contributed by atoms with Crippen LogP contribution in [0.25, 0.3) is 11.0 Å². The number of amides is 1. The number of piperazine rings is 1. The number of hydrogen-bond donors (Lipinski definition) is 1. The Balaban J connectivity index is 1.47. The van der Waals surface area contributed by atoms with E-state index in [1.807, 2.05) is 69.4 Å². The number of rotatable bonds is 4. The van der Waals surface area contributed by atoms with Crippen LogP contribution in [0.5, 0.6) is 11.5 Å². The largest absolute Gasteiger partial charge is 0.457 e. The molecule has 0 bridgehead atoms. The lowest BCUT2D eigenvalue weighted by atomic mass is 9.95. The molecule has 0 spiro atoms. The summed E-state index contributed by atoms with van der Waals surface area (Å²) in [6.07, 6.45) is 1.85. The predicted octanol–water partition coefficient (Wildman–Crippen LogP) is 4.16. The van der Waals surface area contributed by atoms with Crippen LogP contribution in [0.3, 0.4) is 0 Å². The minimum Gasteiger partial charge on any atom is -0.457 e. The molecular formula is C24H29N5O2. The summed E-state index contributed by atoms with van der Waals surface area (Å²) in [5.74, 6) is 2.27. The van der Waals surface area contributed by atoms with Gasteiger partial charge in [-0.05, 0) is 43.4 Å². The van der Waals surface area contributed by atoms with Crippen LogP contribution in [0.4, 0.5) is 11.5 Å². The van der Waals surface area contributed by atoms with Gasteiger partial charge < -0.3 is 19.9 Å². The van der Waals surface area contributed by atoms with E-state index in [0.717, 1.165) is 48.7 Å². The molecule has 0 atom stereocenters. The Morgan fingerprint density at radius 1 is 0.968 bits per heavy atom. The van der Waals surface area contributed by atoms with Crippen LogP contribution in [-0.2, 0) is 4.79 Å². The van der Waals surface area contributed by atoms with E-state index in [0.29, 0.717) is 11.5 Å². The molecule has 4 rings (SSSR count). The molecule has 2 heterocycles. The number of likely N-dealkylation sites (N-methyl/N-ethyl adjacent to an activating group) is 1. The van der Waals surface area contributed by atoms with Crippen molar-refractivity contribution in [2.45, 2.75) is 20.8 Å². The van der Waals surface area contributed by atoms with E-state index < -0.39 is 5.41 Å². The van der Waals surface area contributed by atoms with Crippen molar-refractivity contribution < 1.29 is 9.53 Å². The SMILES string of the molecule is CN1CCN(c2cnc3ccc(Oc4ccc(NC(=O)C(C)(C)C)cc4)cc3n2)CC1. The van der Waals surface area contributed by atoms with Crippen LogP contribution in [0.2, 0.25) is 0 Å². The fourth-order valence-electron chi connectivity index (χ4n) is 3.29. The maximum absolute atomic E-state index is 12.1. The lowest BCUT2D eigenvalue weighted by molar-refractivity contribution is -0.123. The van der Waals surface area contributed by atoms with Gasteiger partial charge in [0.25, 0.3) is 0 Å². The smallest absolute Gasteiger partial charge is 0.229 e. The molecule has 0 saturated carbocycles. The Bertz CT molecular complexity index is 1070. The molecule has 3 aromatic rings. The van der Waals surface area contributed by atoms with Crippen molar-refractivity contribution in [1.29, 1.82) is 0 Å². The van der Waals surface area contributed by atoms with E-state index in [4.69, 9.17) is 9.72 Å². The topological polar surface area (TPSA) is 70.6 Å².